The third-order valence-corrected chi connectivity index (χ3v) is 5.93. The van der Waals surface area contributed by atoms with E-state index in [1.165, 1.54) is 12.8 Å². The minimum Gasteiger partial charge on any atom is -0.401 e. The fourth-order valence-corrected chi connectivity index (χ4v) is 3.90. The molecular weight excluding hydrogens is 370 g/mol. The first-order valence-electron chi connectivity index (χ1n) is 11.5. The summed E-state index contributed by atoms with van der Waals surface area (Å²) in [6.07, 6.45) is 10.7. The van der Waals surface area contributed by atoms with Gasteiger partial charge in [-0.3, -0.25) is 15.3 Å². The molecule has 2 unspecified atom stereocenters. The lowest BCUT2D eigenvalue weighted by molar-refractivity contribution is 0.311. The van der Waals surface area contributed by atoms with Crippen LogP contribution in [-0.2, 0) is 0 Å². The fourth-order valence-electron chi connectivity index (χ4n) is 3.90. The highest BCUT2D eigenvalue weighted by atomic mass is 15.1. The molecule has 1 aliphatic rings. The lowest BCUT2D eigenvalue weighted by atomic mass is 9.90. The SMILES string of the molecule is C=C1/C=C(C)\C=N/[C@H](C)NCC1C(C)/N=C\C(C)=C(/N)CNC(C)(CCC)CCC. The van der Waals surface area contributed by atoms with E-state index >= 15 is 0 Å². The first kappa shape index (κ1) is 26.3. The van der Waals surface area contributed by atoms with Gasteiger partial charge in [-0.2, -0.15) is 0 Å². The Hall–Kier alpha value is -1.72. The van der Waals surface area contributed by atoms with Gasteiger partial charge in [0.25, 0.3) is 0 Å². The number of hydrogen-bond donors (Lipinski definition) is 3. The summed E-state index contributed by atoms with van der Waals surface area (Å²) in [5, 5.41) is 7.14. The highest BCUT2D eigenvalue weighted by Gasteiger charge is 2.22. The molecule has 0 spiro atoms. The van der Waals surface area contributed by atoms with Gasteiger partial charge in [0.1, 0.15) is 0 Å². The molecule has 0 bridgehead atoms. The molecule has 3 atom stereocenters. The van der Waals surface area contributed by atoms with Crippen molar-refractivity contribution in [2.45, 2.75) is 91.9 Å². The van der Waals surface area contributed by atoms with Crippen LogP contribution in [0.3, 0.4) is 0 Å². The van der Waals surface area contributed by atoms with Gasteiger partial charge in [-0.25, -0.2) is 0 Å². The number of nitrogens with zero attached hydrogens (tertiary/aromatic N) is 2. The highest BCUT2D eigenvalue weighted by Crippen LogP contribution is 2.21. The molecule has 1 rings (SSSR count). The van der Waals surface area contributed by atoms with Crippen LogP contribution in [0, 0.1) is 5.92 Å². The Labute approximate surface area is 185 Å². The summed E-state index contributed by atoms with van der Waals surface area (Å²) in [4.78, 5) is 9.33. The summed E-state index contributed by atoms with van der Waals surface area (Å²) in [5.41, 5.74) is 10.6. The first-order valence-corrected chi connectivity index (χ1v) is 11.5. The molecule has 170 valence electrons. The van der Waals surface area contributed by atoms with Crippen LogP contribution in [0.5, 0.6) is 0 Å². The van der Waals surface area contributed by atoms with Gasteiger partial charge < -0.3 is 11.1 Å². The van der Waals surface area contributed by atoms with Crippen LogP contribution in [0.25, 0.3) is 0 Å². The van der Waals surface area contributed by atoms with Crippen LogP contribution in [0.4, 0.5) is 0 Å². The van der Waals surface area contributed by atoms with Crippen molar-refractivity contribution >= 4 is 12.4 Å². The average Bonchev–Trinajstić information content (AvgIpc) is 2.74. The molecule has 4 N–H and O–H groups in total. The maximum Gasteiger partial charge on any atom is 0.0965 e. The van der Waals surface area contributed by atoms with E-state index in [2.05, 4.69) is 69.8 Å². The highest BCUT2D eigenvalue weighted by molar-refractivity contribution is 5.79. The van der Waals surface area contributed by atoms with Crippen molar-refractivity contribution in [3.63, 3.8) is 0 Å². The second-order valence-corrected chi connectivity index (χ2v) is 9.07. The third-order valence-electron chi connectivity index (χ3n) is 5.93. The van der Waals surface area contributed by atoms with E-state index in [9.17, 15) is 0 Å². The number of allylic oxidation sites excluding steroid dienone is 3. The Bertz CT molecular complexity index is 665. The van der Waals surface area contributed by atoms with Gasteiger partial charge in [0, 0.05) is 42.7 Å². The molecule has 0 fully saturated rings. The lowest BCUT2D eigenvalue weighted by Crippen LogP contribution is -2.44. The fraction of sp³-hybridized carbons (Fsp3) is 0.680. The predicted octanol–water partition coefficient (Wildman–Crippen LogP) is 4.77. The van der Waals surface area contributed by atoms with Gasteiger partial charge in [-0.1, -0.05) is 39.3 Å². The number of hydrogen-bond acceptors (Lipinski definition) is 5. The second kappa shape index (κ2) is 12.9. The lowest BCUT2D eigenvalue weighted by Gasteiger charge is -2.31. The second-order valence-electron chi connectivity index (χ2n) is 9.07. The number of aliphatic imine (C=N–C) groups is 2. The summed E-state index contributed by atoms with van der Waals surface area (Å²) >= 11 is 0. The molecule has 30 heavy (non-hydrogen) atoms. The van der Waals surface area contributed by atoms with Crippen LogP contribution in [0.2, 0.25) is 0 Å². The molecule has 0 aliphatic carbocycles. The summed E-state index contributed by atoms with van der Waals surface area (Å²) in [6.45, 7) is 20.9. The van der Waals surface area contributed by atoms with E-state index in [1.807, 2.05) is 19.4 Å². The van der Waals surface area contributed by atoms with Gasteiger partial charge in [-0.15, -0.1) is 0 Å². The molecule has 0 saturated heterocycles. The molecule has 1 aliphatic heterocycles. The maximum absolute atomic E-state index is 6.38. The van der Waals surface area contributed by atoms with Crippen LogP contribution < -0.4 is 16.4 Å². The van der Waals surface area contributed by atoms with Crippen LogP contribution >= 0.6 is 0 Å². The molecule has 0 aromatic rings. The van der Waals surface area contributed by atoms with Crippen molar-refractivity contribution in [1.29, 1.82) is 0 Å². The Morgan fingerprint density at radius 2 is 2.07 bits per heavy atom. The van der Waals surface area contributed by atoms with E-state index in [0.717, 1.165) is 41.8 Å². The topological polar surface area (TPSA) is 74.8 Å². The smallest absolute Gasteiger partial charge is 0.0965 e. The Kier molecular flexibility index (Phi) is 11.3. The van der Waals surface area contributed by atoms with Crippen LogP contribution in [0.15, 0.2) is 45.1 Å². The van der Waals surface area contributed by atoms with Crippen molar-refractivity contribution in [1.82, 2.24) is 10.6 Å². The summed E-state index contributed by atoms with van der Waals surface area (Å²) in [7, 11) is 0. The zero-order valence-corrected chi connectivity index (χ0v) is 20.4. The van der Waals surface area contributed by atoms with Gasteiger partial charge in [0.15, 0.2) is 0 Å². The van der Waals surface area contributed by atoms with Gasteiger partial charge in [0.05, 0.1) is 12.2 Å². The maximum atomic E-state index is 6.38. The van der Waals surface area contributed by atoms with Gasteiger partial charge >= 0.3 is 0 Å². The van der Waals surface area contributed by atoms with Crippen molar-refractivity contribution in [3.05, 3.63) is 35.1 Å². The molecule has 1 heterocycles. The van der Waals surface area contributed by atoms with Crippen LogP contribution in [0.1, 0.15) is 74.1 Å². The predicted molar refractivity (Wildman–Crippen MR) is 133 cm³/mol. The molecule has 0 radical (unpaired) electrons. The van der Waals surface area contributed by atoms with Crippen molar-refractivity contribution in [2.75, 3.05) is 13.1 Å². The van der Waals surface area contributed by atoms with Crippen LogP contribution in [-0.4, -0.2) is 43.3 Å². The Balaban J connectivity index is 2.82. The molecule has 5 heteroatoms. The van der Waals surface area contributed by atoms with E-state index in [0.29, 0.717) is 6.54 Å². The molecule has 0 amide bonds. The van der Waals surface area contributed by atoms with E-state index in [-0.39, 0.29) is 23.7 Å². The first-order chi connectivity index (χ1) is 14.1. The minimum absolute atomic E-state index is 0.0850. The Morgan fingerprint density at radius 3 is 2.67 bits per heavy atom. The quantitative estimate of drug-likeness (QED) is 0.450. The minimum atomic E-state index is 0.0850. The van der Waals surface area contributed by atoms with E-state index in [1.54, 1.807) is 0 Å². The molecule has 5 nitrogen and oxygen atoms in total. The van der Waals surface area contributed by atoms with Gasteiger partial charge in [-0.05, 0) is 64.2 Å². The number of nitrogens with one attached hydrogen (secondary N) is 2. The Morgan fingerprint density at radius 1 is 1.43 bits per heavy atom. The van der Waals surface area contributed by atoms with Crippen molar-refractivity contribution < 1.29 is 0 Å². The number of rotatable bonds is 10. The van der Waals surface area contributed by atoms with Crippen molar-refractivity contribution in [3.8, 4) is 0 Å². The van der Waals surface area contributed by atoms with Crippen molar-refractivity contribution in [2.24, 2.45) is 21.6 Å². The summed E-state index contributed by atoms with van der Waals surface area (Å²) < 4.78 is 0. The number of nitrogens with two attached hydrogens (primary N) is 1. The zero-order chi connectivity index (χ0) is 22.7. The molecular formula is C25H45N5. The molecule has 0 aromatic heterocycles. The third kappa shape index (κ3) is 8.97. The zero-order valence-electron chi connectivity index (χ0n) is 20.4. The molecule has 0 aromatic carbocycles. The van der Waals surface area contributed by atoms with Gasteiger partial charge in [0.2, 0.25) is 0 Å². The normalized spacial score (nSPS) is 25.7. The van der Waals surface area contributed by atoms with E-state index < -0.39 is 0 Å². The summed E-state index contributed by atoms with van der Waals surface area (Å²) in [5.74, 6) is 0.213. The van der Waals surface area contributed by atoms with E-state index in [4.69, 9.17) is 10.7 Å². The standard InChI is InChI=1S/C25H45N5/c1-9-11-25(8,12-10-2)30-17-24(26)20(5)15-27-21(6)23-16-29-22(7)28-14-18(3)13-19(23)4/h13-15,21-23,29-30H,4,9-12,16-17,26H2,1-3,5-8H3/b18-13-,24-20-,27-15-,28-14-/t21?,22-,23?/m0/s1. The summed E-state index contributed by atoms with van der Waals surface area (Å²) in [6, 6.07) is 0.0977. The largest absolute Gasteiger partial charge is 0.401 e. The molecule has 0 saturated carbocycles. The average molecular weight is 416 g/mol. The monoisotopic (exact) mass is 415 g/mol.